The molecule has 0 saturated carbocycles. The molecule has 1 rings (SSSR count). The lowest BCUT2D eigenvalue weighted by Gasteiger charge is -2.39. The molecule has 0 atom stereocenters. The van der Waals surface area contributed by atoms with E-state index in [1.165, 1.54) is 11.1 Å². The summed E-state index contributed by atoms with van der Waals surface area (Å²) >= 11 is 0. The number of benzene rings is 1. The van der Waals surface area contributed by atoms with Gasteiger partial charge in [0, 0.05) is 19.1 Å². The fourth-order valence-corrected chi connectivity index (χ4v) is 1.87. The van der Waals surface area contributed by atoms with Gasteiger partial charge in [0.15, 0.2) is 0 Å². The normalized spacial score (nSPS) is 12.4. The maximum atomic E-state index is 12.6. The van der Waals surface area contributed by atoms with Crippen LogP contribution in [0, 0.1) is 12.3 Å². The summed E-state index contributed by atoms with van der Waals surface area (Å²) in [7, 11) is 1.84. The monoisotopic (exact) mass is 262 g/mol. The molecule has 106 valence electrons. The van der Waals surface area contributed by atoms with Gasteiger partial charge in [-0.15, -0.1) is 0 Å². The lowest BCUT2D eigenvalue weighted by Crippen LogP contribution is -2.55. The van der Waals surface area contributed by atoms with Gasteiger partial charge in [-0.05, 0) is 45.7 Å². The van der Waals surface area contributed by atoms with Crippen molar-refractivity contribution in [3.63, 3.8) is 0 Å². The number of carbonyl (C=O) groups is 1. The number of rotatable bonds is 4. The van der Waals surface area contributed by atoms with E-state index in [-0.39, 0.29) is 5.91 Å². The molecule has 1 amide bonds. The van der Waals surface area contributed by atoms with Gasteiger partial charge in [-0.2, -0.15) is 0 Å². The fraction of sp³-hybridized carbons (Fsp3) is 0.562. The van der Waals surface area contributed by atoms with Crippen molar-refractivity contribution in [2.45, 2.75) is 46.7 Å². The Labute approximate surface area is 116 Å². The van der Waals surface area contributed by atoms with E-state index in [0.717, 1.165) is 0 Å². The number of hydrogen-bond acceptors (Lipinski definition) is 2. The van der Waals surface area contributed by atoms with Crippen molar-refractivity contribution in [2.24, 2.45) is 11.1 Å². The zero-order valence-electron chi connectivity index (χ0n) is 12.9. The number of carbonyl (C=O) groups excluding carboxylic acids is 1. The standard InChI is InChI=1S/C16H26N2O/c1-12-9-7-8-10-13(12)11-18(6)14(19)15(2,3)16(4,5)17/h7-10H,11,17H2,1-6H3. The van der Waals surface area contributed by atoms with Gasteiger partial charge >= 0.3 is 0 Å². The van der Waals surface area contributed by atoms with Crippen LogP contribution in [-0.4, -0.2) is 23.4 Å². The Morgan fingerprint density at radius 1 is 1.21 bits per heavy atom. The zero-order valence-corrected chi connectivity index (χ0v) is 12.9. The smallest absolute Gasteiger partial charge is 0.230 e. The van der Waals surface area contributed by atoms with E-state index in [1.54, 1.807) is 4.90 Å². The maximum absolute atomic E-state index is 12.6. The lowest BCUT2D eigenvalue weighted by atomic mass is 9.74. The summed E-state index contributed by atoms with van der Waals surface area (Å²) in [5.74, 6) is 0.0725. The Hall–Kier alpha value is -1.35. The largest absolute Gasteiger partial charge is 0.341 e. The quantitative estimate of drug-likeness (QED) is 0.907. The van der Waals surface area contributed by atoms with E-state index in [1.807, 2.05) is 46.9 Å². The summed E-state index contributed by atoms with van der Waals surface area (Å²) in [6.45, 7) is 10.3. The first-order chi connectivity index (χ1) is 8.57. The molecule has 0 aliphatic carbocycles. The van der Waals surface area contributed by atoms with Crippen molar-refractivity contribution in [3.05, 3.63) is 35.4 Å². The van der Waals surface area contributed by atoms with Gasteiger partial charge in [-0.3, -0.25) is 4.79 Å². The van der Waals surface area contributed by atoms with Crippen LogP contribution in [0.15, 0.2) is 24.3 Å². The molecular weight excluding hydrogens is 236 g/mol. The van der Waals surface area contributed by atoms with Crippen LogP contribution in [0.5, 0.6) is 0 Å². The molecule has 2 N–H and O–H groups in total. The predicted molar refractivity (Wildman–Crippen MR) is 79.7 cm³/mol. The molecule has 3 nitrogen and oxygen atoms in total. The molecule has 0 aliphatic heterocycles. The van der Waals surface area contributed by atoms with E-state index in [9.17, 15) is 4.79 Å². The van der Waals surface area contributed by atoms with Crippen molar-refractivity contribution in [2.75, 3.05) is 7.05 Å². The van der Waals surface area contributed by atoms with E-state index in [0.29, 0.717) is 6.54 Å². The van der Waals surface area contributed by atoms with Crippen molar-refractivity contribution in [1.29, 1.82) is 0 Å². The first kappa shape index (κ1) is 15.7. The molecule has 0 fully saturated rings. The van der Waals surface area contributed by atoms with Crippen LogP contribution in [0.2, 0.25) is 0 Å². The Balaban J connectivity index is 2.88. The second-order valence-corrected chi connectivity index (χ2v) is 6.43. The average molecular weight is 262 g/mol. The number of nitrogens with zero attached hydrogens (tertiary/aromatic N) is 1. The van der Waals surface area contributed by atoms with Gasteiger partial charge in [0.1, 0.15) is 0 Å². The van der Waals surface area contributed by atoms with Crippen LogP contribution in [0.4, 0.5) is 0 Å². The Morgan fingerprint density at radius 2 is 1.74 bits per heavy atom. The molecule has 19 heavy (non-hydrogen) atoms. The Morgan fingerprint density at radius 3 is 2.21 bits per heavy atom. The van der Waals surface area contributed by atoms with Gasteiger partial charge in [-0.1, -0.05) is 24.3 Å². The average Bonchev–Trinajstić information content (AvgIpc) is 2.29. The van der Waals surface area contributed by atoms with E-state index in [4.69, 9.17) is 5.73 Å². The summed E-state index contributed by atoms with van der Waals surface area (Å²) in [4.78, 5) is 14.3. The molecular formula is C16H26N2O. The van der Waals surface area contributed by atoms with Crippen LogP contribution in [0.3, 0.4) is 0 Å². The predicted octanol–water partition coefficient (Wildman–Crippen LogP) is 2.72. The van der Waals surface area contributed by atoms with Crippen LogP contribution in [-0.2, 0) is 11.3 Å². The van der Waals surface area contributed by atoms with Crippen LogP contribution >= 0.6 is 0 Å². The molecule has 0 bridgehead atoms. The number of hydrogen-bond donors (Lipinski definition) is 1. The molecule has 0 saturated heterocycles. The summed E-state index contributed by atoms with van der Waals surface area (Å²) in [6, 6.07) is 8.12. The molecule has 3 heteroatoms. The molecule has 0 spiro atoms. The van der Waals surface area contributed by atoms with Gasteiger partial charge < -0.3 is 10.6 Å². The summed E-state index contributed by atoms with van der Waals surface area (Å²) in [5, 5.41) is 0. The fourth-order valence-electron chi connectivity index (χ4n) is 1.87. The molecule has 1 aromatic carbocycles. The molecule has 0 heterocycles. The van der Waals surface area contributed by atoms with Gasteiger partial charge in [0.25, 0.3) is 0 Å². The maximum Gasteiger partial charge on any atom is 0.230 e. The van der Waals surface area contributed by atoms with Crippen LogP contribution in [0.1, 0.15) is 38.8 Å². The van der Waals surface area contributed by atoms with Crippen molar-refractivity contribution in [3.8, 4) is 0 Å². The number of amides is 1. The third-order valence-electron chi connectivity index (χ3n) is 4.16. The highest BCUT2D eigenvalue weighted by molar-refractivity contribution is 5.83. The lowest BCUT2D eigenvalue weighted by molar-refractivity contribution is -0.142. The van der Waals surface area contributed by atoms with Crippen molar-refractivity contribution >= 4 is 5.91 Å². The summed E-state index contributed by atoms with van der Waals surface area (Å²) in [5.41, 5.74) is 7.35. The first-order valence-corrected chi connectivity index (χ1v) is 6.66. The van der Waals surface area contributed by atoms with Gasteiger partial charge in [0.05, 0.1) is 5.41 Å². The highest BCUT2D eigenvalue weighted by atomic mass is 16.2. The van der Waals surface area contributed by atoms with E-state index < -0.39 is 11.0 Å². The van der Waals surface area contributed by atoms with Crippen molar-refractivity contribution < 1.29 is 4.79 Å². The zero-order chi connectivity index (χ0) is 14.8. The summed E-state index contributed by atoms with van der Waals surface area (Å²) < 4.78 is 0. The number of aryl methyl sites for hydroxylation is 1. The number of nitrogens with two attached hydrogens (primary N) is 1. The highest BCUT2D eigenvalue weighted by Crippen LogP contribution is 2.30. The second kappa shape index (κ2) is 5.33. The highest BCUT2D eigenvalue weighted by Gasteiger charge is 2.41. The van der Waals surface area contributed by atoms with E-state index in [2.05, 4.69) is 19.1 Å². The van der Waals surface area contributed by atoms with Crippen LogP contribution < -0.4 is 5.73 Å². The van der Waals surface area contributed by atoms with Crippen LogP contribution in [0.25, 0.3) is 0 Å². The topological polar surface area (TPSA) is 46.3 Å². The molecule has 1 aromatic rings. The minimum absolute atomic E-state index is 0.0725. The third kappa shape index (κ3) is 3.35. The van der Waals surface area contributed by atoms with Gasteiger partial charge in [-0.25, -0.2) is 0 Å². The Kier molecular flexibility index (Phi) is 4.41. The first-order valence-electron chi connectivity index (χ1n) is 6.66. The van der Waals surface area contributed by atoms with E-state index >= 15 is 0 Å². The SMILES string of the molecule is Cc1ccccc1CN(C)C(=O)C(C)(C)C(C)(C)N. The molecule has 0 aromatic heterocycles. The Bertz CT molecular complexity index is 458. The second-order valence-electron chi connectivity index (χ2n) is 6.43. The van der Waals surface area contributed by atoms with Gasteiger partial charge in [0.2, 0.25) is 5.91 Å². The van der Waals surface area contributed by atoms with Crippen molar-refractivity contribution in [1.82, 2.24) is 4.90 Å². The molecule has 0 radical (unpaired) electrons. The third-order valence-corrected chi connectivity index (χ3v) is 4.16. The molecule has 0 aliphatic rings. The minimum Gasteiger partial charge on any atom is -0.341 e. The summed E-state index contributed by atoms with van der Waals surface area (Å²) in [6.07, 6.45) is 0. The minimum atomic E-state index is -0.593. The molecule has 0 unspecified atom stereocenters.